The lowest BCUT2D eigenvalue weighted by atomic mass is 9.99. The van der Waals surface area contributed by atoms with E-state index >= 15 is 0 Å². The van der Waals surface area contributed by atoms with Crippen LogP contribution in [0.25, 0.3) is 33.2 Å². The zero-order chi connectivity index (χ0) is 27.9. The van der Waals surface area contributed by atoms with Crippen LogP contribution in [0.1, 0.15) is 23.3 Å². The third-order valence-corrected chi connectivity index (χ3v) is 6.20. The molecule has 202 valence electrons. The van der Waals surface area contributed by atoms with Gasteiger partial charge >= 0.3 is 12.2 Å². The number of aromatic amines is 1. The SMILES string of the molecule is O=C(O)NCCC[C@@H](CNC(=O)c1[nH]c2cc(-c3ccc(F)cc3)ccc2c1-c1ccc(O)cc1)NC(=O)O. The van der Waals surface area contributed by atoms with Gasteiger partial charge < -0.3 is 36.3 Å². The van der Waals surface area contributed by atoms with Gasteiger partial charge in [-0.15, -0.1) is 0 Å². The number of aromatic hydroxyl groups is 1. The molecule has 0 saturated carbocycles. The molecular weight excluding hydrogens is 507 g/mol. The average Bonchev–Trinajstić information content (AvgIpc) is 3.29. The molecular formula is C28H27FN4O6. The van der Waals surface area contributed by atoms with Crippen LogP contribution in [0.15, 0.2) is 66.7 Å². The Morgan fingerprint density at radius 3 is 2.18 bits per heavy atom. The van der Waals surface area contributed by atoms with Crippen LogP contribution in [-0.4, -0.2) is 57.5 Å². The van der Waals surface area contributed by atoms with Crippen LogP contribution >= 0.6 is 0 Å². The molecule has 0 aliphatic rings. The summed E-state index contributed by atoms with van der Waals surface area (Å²) in [5.74, 6) is -0.747. The van der Waals surface area contributed by atoms with E-state index in [0.29, 0.717) is 29.5 Å². The Hall–Kier alpha value is -5.06. The number of carboxylic acid groups (broad SMARTS) is 2. The van der Waals surface area contributed by atoms with Gasteiger partial charge in [0.1, 0.15) is 17.3 Å². The highest BCUT2D eigenvalue weighted by atomic mass is 19.1. The molecule has 10 nitrogen and oxygen atoms in total. The van der Waals surface area contributed by atoms with Crippen LogP contribution in [0, 0.1) is 5.82 Å². The molecule has 0 fully saturated rings. The molecule has 3 amide bonds. The number of benzene rings is 3. The van der Waals surface area contributed by atoms with Crippen molar-refractivity contribution in [2.24, 2.45) is 0 Å². The molecule has 0 saturated heterocycles. The topological polar surface area (TPSA) is 164 Å². The van der Waals surface area contributed by atoms with E-state index < -0.39 is 24.1 Å². The van der Waals surface area contributed by atoms with Crippen LogP contribution in [0.2, 0.25) is 0 Å². The number of phenolic OH excluding ortho intramolecular Hbond substituents is 1. The monoisotopic (exact) mass is 534 g/mol. The van der Waals surface area contributed by atoms with E-state index in [1.807, 2.05) is 18.2 Å². The standard InChI is InChI=1S/C28H27FN4O6/c29-19-8-3-16(4-9-19)18-7-12-22-23(14-18)33-25(24(22)17-5-10-21(34)11-6-17)26(35)31-15-20(32-28(38)39)2-1-13-30-27(36)37/h3-12,14,20,30,32-34H,1-2,13,15H2,(H,31,35)(H,36,37)(H,38,39)/t20-/m0/s1. The van der Waals surface area contributed by atoms with E-state index in [1.54, 1.807) is 24.3 Å². The van der Waals surface area contributed by atoms with Gasteiger partial charge in [-0.3, -0.25) is 4.79 Å². The van der Waals surface area contributed by atoms with Crippen molar-refractivity contribution in [3.63, 3.8) is 0 Å². The quantitative estimate of drug-likeness (QED) is 0.145. The van der Waals surface area contributed by atoms with Gasteiger partial charge in [0, 0.05) is 35.6 Å². The van der Waals surface area contributed by atoms with E-state index in [9.17, 15) is 29.0 Å². The summed E-state index contributed by atoms with van der Waals surface area (Å²) in [4.78, 5) is 38.4. The van der Waals surface area contributed by atoms with Gasteiger partial charge in [-0.2, -0.15) is 0 Å². The summed E-state index contributed by atoms with van der Waals surface area (Å²) >= 11 is 0. The fourth-order valence-electron chi connectivity index (χ4n) is 4.37. The number of aromatic nitrogens is 1. The van der Waals surface area contributed by atoms with Crippen molar-refractivity contribution >= 4 is 29.0 Å². The first-order valence-corrected chi connectivity index (χ1v) is 12.2. The molecule has 1 heterocycles. The number of H-pyrrole nitrogens is 1. The second-order valence-corrected chi connectivity index (χ2v) is 8.92. The van der Waals surface area contributed by atoms with E-state index in [1.165, 1.54) is 24.3 Å². The summed E-state index contributed by atoms with van der Waals surface area (Å²) < 4.78 is 13.4. The van der Waals surface area contributed by atoms with Crippen molar-refractivity contribution in [2.45, 2.75) is 18.9 Å². The maximum absolute atomic E-state index is 13.4. The second kappa shape index (κ2) is 12.0. The molecule has 7 N–H and O–H groups in total. The molecule has 1 aromatic heterocycles. The van der Waals surface area contributed by atoms with Gasteiger partial charge in [-0.1, -0.05) is 36.4 Å². The largest absolute Gasteiger partial charge is 0.508 e. The molecule has 4 aromatic rings. The maximum atomic E-state index is 13.4. The molecule has 0 radical (unpaired) electrons. The zero-order valence-corrected chi connectivity index (χ0v) is 20.7. The Morgan fingerprint density at radius 1 is 0.846 bits per heavy atom. The van der Waals surface area contributed by atoms with Gasteiger partial charge in [0.25, 0.3) is 5.91 Å². The number of halogens is 1. The van der Waals surface area contributed by atoms with Crippen LogP contribution in [0.3, 0.4) is 0 Å². The predicted octanol–water partition coefficient (Wildman–Crippen LogP) is 4.76. The summed E-state index contributed by atoms with van der Waals surface area (Å²) in [5.41, 5.74) is 3.79. The summed E-state index contributed by atoms with van der Waals surface area (Å²) in [6.07, 6.45) is -1.77. The normalized spacial score (nSPS) is 11.6. The zero-order valence-electron chi connectivity index (χ0n) is 20.7. The van der Waals surface area contributed by atoms with Crippen molar-refractivity contribution < 1.29 is 34.1 Å². The number of amides is 3. The van der Waals surface area contributed by atoms with Gasteiger partial charge in [-0.05, 0) is 59.9 Å². The minimum absolute atomic E-state index is 0.0244. The highest BCUT2D eigenvalue weighted by molar-refractivity contribution is 6.10. The average molecular weight is 535 g/mol. The molecule has 0 aliphatic carbocycles. The lowest BCUT2D eigenvalue weighted by Crippen LogP contribution is -2.43. The van der Waals surface area contributed by atoms with Gasteiger partial charge in [-0.25, -0.2) is 14.0 Å². The first-order chi connectivity index (χ1) is 18.7. The summed E-state index contributed by atoms with van der Waals surface area (Å²) in [6.45, 7) is 0.119. The van der Waals surface area contributed by atoms with Crippen molar-refractivity contribution in [1.82, 2.24) is 20.9 Å². The Kier molecular flexibility index (Phi) is 8.30. The van der Waals surface area contributed by atoms with Crippen LogP contribution < -0.4 is 16.0 Å². The number of nitrogens with one attached hydrogen (secondary N) is 4. The molecule has 1 atom stereocenters. The van der Waals surface area contributed by atoms with Crippen molar-refractivity contribution in [1.29, 1.82) is 0 Å². The Bertz CT molecular complexity index is 1480. The highest BCUT2D eigenvalue weighted by Crippen LogP contribution is 2.35. The van der Waals surface area contributed by atoms with E-state index in [0.717, 1.165) is 16.5 Å². The molecule has 0 bridgehead atoms. The second-order valence-electron chi connectivity index (χ2n) is 8.92. The molecule has 4 rings (SSSR count). The van der Waals surface area contributed by atoms with Gasteiger partial charge in [0.15, 0.2) is 0 Å². The van der Waals surface area contributed by atoms with Crippen molar-refractivity contribution in [3.05, 3.63) is 78.2 Å². The van der Waals surface area contributed by atoms with Crippen LogP contribution in [-0.2, 0) is 0 Å². The number of carbonyl (C=O) groups is 3. The first-order valence-electron chi connectivity index (χ1n) is 12.2. The summed E-state index contributed by atoms with van der Waals surface area (Å²) in [5, 5.41) is 35.7. The first kappa shape index (κ1) is 27.0. The third kappa shape index (κ3) is 6.83. The number of hydrogen-bond acceptors (Lipinski definition) is 4. The molecule has 0 aliphatic heterocycles. The predicted molar refractivity (Wildman–Crippen MR) is 143 cm³/mol. The van der Waals surface area contributed by atoms with Crippen LogP contribution in [0.4, 0.5) is 14.0 Å². The Labute approximate surface area is 222 Å². The fourth-order valence-corrected chi connectivity index (χ4v) is 4.37. The molecule has 0 unspecified atom stereocenters. The van der Waals surface area contributed by atoms with Gasteiger partial charge in [0.2, 0.25) is 0 Å². The van der Waals surface area contributed by atoms with E-state index in [-0.39, 0.29) is 30.4 Å². The lowest BCUT2D eigenvalue weighted by Gasteiger charge is -2.17. The number of rotatable bonds is 10. The van der Waals surface area contributed by atoms with E-state index in [2.05, 4.69) is 20.9 Å². The van der Waals surface area contributed by atoms with Crippen molar-refractivity contribution in [3.8, 4) is 28.0 Å². The third-order valence-electron chi connectivity index (χ3n) is 6.20. The molecule has 3 aromatic carbocycles. The number of fused-ring (bicyclic) bond motifs is 1. The highest BCUT2D eigenvalue weighted by Gasteiger charge is 2.21. The van der Waals surface area contributed by atoms with Crippen molar-refractivity contribution in [2.75, 3.05) is 13.1 Å². The number of phenols is 1. The molecule has 39 heavy (non-hydrogen) atoms. The Balaban J connectivity index is 1.63. The smallest absolute Gasteiger partial charge is 0.404 e. The lowest BCUT2D eigenvalue weighted by molar-refractivity contribution is 0.0944. The van der Waals surface area contributed by atoms with Gasteiger partial charge in [0.05, 0.1) is 0 Å². The summed E-state index contributed by atoms with van der Waals surface area (Å²) in [7, 11) is 0. The van der Waals surface area contributed by atoms with Crippen LogP contribution in [0.5, 0.6) is 5.75 Å². The minimum atomic E-state index is -1.26. The van der Waals surface area contributed by atoms with E-state index in [4.69, 9.17) is 5.11 Å². The number of hydrogen-bond donors (Lipinski definition) is 7. The Morgan fingerprint density at radius 2 is 1.51 bits per heavy atom. The molecule has 0 spiro atoms. The summed E-state index contributed by atoms with van der Waals surface area (Å²) in [6, 6.07) is 17.4. The fraction of sp³-hybridized carbons (Fsp3) is 0.179. The molecule has 11 heteroatoms. The number of carbonyl (C=O) groups excluding carboxylic acids is 1. The maximum Gasteiger partial charge on any atom is 0.404 e. The minimum Gasteiger partial charge on any atom is -0.508 e.